The van der Waals surface area contributed by atoms with Gasteiger partial charge in [-0.3, -0.25) is 9.59 Å². The summed E-state index contributed by atoms with van der Waals surface area (Å²) in [5.74, 6) is -0.219. The van der Waals surface area contributed by atoms with Crippen molar-refractivity contribution in [3.05, 3.63) is 52.1 Å². The van der Waals surface area contributed by atoms with Crippen LogP contribution in [0.1, 0.15) is 29.8 Å². The predicted molar refractivity (Wildman–Crippen MR) is 99.8 cm³/mol. The summed E-state index contributed by atoms with van der Waals surface area (Å²) in [4.78, 5) is 28.1. The number of aryl methyl sites for hydroxylation is 1. The van der Waals surface area contributed by atoms with E-state index in [1.54, 1.807) is 18.2 Å². The lowest BCUT2D eigenvalue weighted by molar-refractivity contribution is -0.115. The van der Waals surface area contributed by atoms with E-state index in [-0.39, 0.29) is 24.5 Å². The van der Waals surface area contributed by atoms with E-state index in [2.05, 4.69) is 31.5 Å². The number of nitrogens with one attached hydrogen (secondary N) is 2. The van der Waals surface area contributed by atoms with Gasteiger partial charge in [0.05, 0.1) is 18.2 Å². The Kier molecular flexibility index (Phi) is 6.52. The highest BCUT2D eigenvalue weighted by molar-refractivity contribution is 9.10. The van der Waals surface area contributed by atoms with Crippen LogP contribution in [0.2, 0.25) is 0 Å². The summed E-state index contributed by atoms with van der Waals surface area (Å²) in [6.45, 7) is 5.60. The summed E-state index contributed by atoms with van der Waals surface area (Å²) in [7, 11) is 0. The van der Waals surface area contributed by atoms with Crippen LogP contribution >= 0.6 is 15.9 Å². The molecule has 0 fully saturated rings. The molecule has 7 heteroatoms. The summed E-state index contributed by atoms with van der Waals surface area (Å²) in [5.41, 5.74) is 2.05. The first-order chi connectivity index (χ1) is 11.8. The monoisotopic (exact) mass is 405 g/mol. The highest BCUT2D eigenvalue weighted by atomic mass is 79.9. The number of hydrogen-bond acceptors (Lipinski definition) is 4. The smallest absolute Gasteiger partial charge is 0.253 e. The van der Waals surface area contributed by atoms with E-state index in [1.807, 2.05) is 32.9 Å². The van der Waals surface area contributed by atoms with Crippen molar-refractivity contribution in [2.45, 2.75) is 26.9 Å². The SMILES string of the molecule is Cc1cc(NC(=O)CNC(=O)c2ccc(OC(C)C)nc2)ccc1Br. The molecule has 0 atom stereocenters. The van der Waals surface area contributed by atoms with Gasteiger partial charge in [-0.15, -0.1) is 0 Å². The Morgan fingerprint density at radius 2 is 2.00 bits per heavy atom. The minimum atomic E-state index is -0.370. The standard InChI is InChI=1S/C18H20BrN3O3/c1-11(2)25-17-7-4-13(9-20-17)18(24)21-10-16(23)22-14-5-6-15(19)12(3)8-14/h4-9,11H,10H2,1-3H3,(H,21,24)(H,22,23). The van der Waals surface area contributed by atoms with Gasteiger partial charge in [-0.25, -0.2) is 4.98 Å². The maximum atomic E-state index is 12.1. The van der Waals surface area contributed by atoms with Crippen LogP contribution in [0.4, 0.5) is 5.69 Å². The number of pyridine rings is 1. The zero-order valence-corrected chi connectivity index (χ0v) is 15.9. The summed E-state index contributed by atoms with van der Waals surface area (Å²) >= 11 is 3.40. The van der Waals surface area contributed by atoms with Gasteiger partial charge < -0.3 is 15.4 Å². The summed E-state index contributed by atoms with van der Waals surface area (Å²) in [6.07, 6.45) is 1.43. The van der Waals surface area contributed by atoms with Crippen molar-refractivity contribution >= 4 is 33.4 Å². The van der Waals surface area contributed by atoms with Gasteiger partial charge in [-0.1, -0.05) is 15.9 Å². The minimum Gasteiger partial charge on any atom is -0.475 e. The molecule has 0 aliphatic heterocycles. The van der Waals surface area contributed by atoms with Gasteiger partial charge in [-0.05, 0) is 50.6 Å². The molecule has 0 saturated heterocycles. The Morgan fingerprint density at radius 1 is 1.24 bits per heavy atom. The Morgan fingerprint density at radius 3 is 2.60 bits per heavy atom. The van der Waals surface area contributed by atoms with Crippen molar-refractivity contribution in [3.63, 3.8) is 0 Å². The number of carbonyl (C=O) groups is 2. The molecule has 0 saturated carbocycles. The average Bonchev–Trinajstić information content (AvgIpc) is 2.56. The number of hydrogen-bond donors (Lipinski definition) is 2. The molecule has 1 aromatic heterocycles. The first-order valence-corrected chi connectivity index (χ1v) is 8.61. The second-order valence-electron chi connectivity index (χ2n) is 5.75. The number of benzene rings is 1. The third-order valence-corrected chi connectivity index (χ3v) is 4.10. The van der Waals surface area contributed by atoms with Crippen LogP contribution in [0, 0.1) is 6.92 Å². The fourth-order valence-corrected chi connectivity index (χ4v) is 2.26. The van der Waals surface area contributed by atoms with Gasteiger partial charge in [0.25, 0.3) is 5.91 Å². The van der Waals surface area contributed by atoms with Crippen molar-refractivity contribution in [2.24, 2.45) is 0 Å². The number of carbonyl (C=O) groups excluding carboxylic acids is 2. The van der Waals surface area contributed by atoms with Gasteiger partial charge in [0.15, 0.2) is 0 Å². The van der Waals surface area contributed by atoms with Gasteiger partial charge in [-0.2, -0.15) is 0 Å². The molecule has 0 unspecified atom stereocenters. The lowest BCUT2D eigenvalue weighted by Crippen LogP contribution is -2.32. The van der Waals surface area contributed by atoms with Crippen LogP contribution in [0.15, 0.2) is 41.0 Å². The van der Waals surface area contributed by atoms with E-state index >= 15 is 0 Å². The van der Waals surface area contributed by atoms with Crippen molar-refractivity contribution in [1.29, 1.82) is 0 Å². The zero-order valence-electron chi connectivity index (χ0n) is 14.3. The molecule has 2 amide bonds. The van der Waals surface area contributed by atoms with Gasteiger partial charge in [0.2, 0.25) is 11.8 Å². The first-order valence-electron chi connectivity index (χ1n) is 7.82. The Bertz CT molecular complexity index is 761. The third kappa shape index (κ3) is 5.86. The summed E-state index contributed by atoms with van der Waals surface area (Å²) in [5, 5.41) is 5.30. The molecule has 1 heterocycles. The molecule has 2 rings (SSSR count). The maximum absolute atomic E-state index is 12.1. The molecular formula is C18H20BrN3O3. The Balaban J connectivity index is 1.86. The van der Waals surface area contributed by atoms with E-state index in [0.29, 0.717) is 17.1 Å². The molecule has 6 nitrogen and oxygen atoms in total. The van der Waals surface area contributed by atoms with E-state index in [0.717, 1.165) is 10.0 Å². The van der Waals surface area contributed by atoms with E-state index in [9.17, 15) is 9.59 Å². The van der Waals surface area contributed by atoms with Crippen molar-refractivity contribution in [1.82, 2.24) is 10.3 Å². The second-order valence-corrected chi connectivity index (χ2v) is 6.60. The largest absolute Gasteiger partial charge is 0.475 e. The van der Waals surface area contributed by atoms with Gasteiger partial charge in [0.1, 0.15) is 0 Å². The number of anilines is 1. The fourth-order valence-electron chi connectivity index (χ4n) is 2.02. The van der Waals surface area contributed by atoms with Crippen molar-refractivity contribution < 1.29 is 14.3 Å². The number of amides is 2. The van der Waals surface area contributed by atoms with Crippen LogP contribution in [0.25, 0.3) is 0 Å². The van der Waals surface area contributed by atoms with Crippen LogP contribution in [-0.2, 0) is 4.79 Å². The average molecular weight is 406 g/mol. The molecule has 132 valence electrons. The Labute approximate surface area is 155 Å². The molecule has 2 aromatic rings. The van der Waals surface area contributed by atoms with Crippen LogP contribution < -0.4 is 15.4 Å². The van der Waals surface area contributed by atoms with Crippen molar-refractivity contribution in [3.8, 4) is 5.88 Å². The van der Waals surface area contributed by atoms with Crippen molar-refractivity contribution in [2.75, 3.05) is 11.9 Å². The van der Waals surface area contributed by atoms with Crippen LogP contribution in [-0.4, -0.2) is 29.4 Å². The molecule has 0 radical (unpaired) electrons. The van der Waals surface area contributed by atoms with Gasteiger partial charge in [0, 0.05) is 22.4 Å². The third-order valence-electron chi connectivity index (χ3n) is 3.21. The number of rotatable bonds is 6. The number of nitrogens with zero attached hydrogens (tertiary/aromatic N) is 1. The normalized spacial score (nSPS) is 10.4. The highest BCUT2D eigenvalue weighted by Gasteiger charge is 2.10. The zero-order chi connectivity index (χ0) is 18.4. The van der Waals surface area contributed by atoms with Crippen LogP contribution in [0.3, 0.4) is 0 Å². The maximum Gasteiger partial charge on any atom is 0.253 e. The lowest BCUT2D eigenvalue weighted by Gasteiger charge is -2.10. The molecule has 2 N–H and O–H groups in total. The van der Waals surface area contributed by atoms with Crippen LogP contribution in [0.5, 0.6) is 5.88 Å². The number of ether oxygens (including phenoxy) is 1. The number of aromatic nitrogens is 1. The van der Waals surface area contributed by atoms with E-state index in [1.165, 1.54) is 6.20 Å². The lowest BCUT2D eigenvalue weighted by atomic mass is 10.2. The molecular weight excluding hydrogens is 386 g/mol. The molecule has 1 aromatic carbocycles. The molecule has 0 spiro atoms. The topological polar surface area (TPSA) is 80.3 Å². The predicted octanol–water partition coefficient (Wildman–Crippen LogP) is 3.31. The Hall–Kier alpha value is -2.41. The summed E-state index contributed by atoms with van der Waals surface area (Å²) in [6, 6.07) is 8.72. The number of halogens is 1. The minimum absolute atomic E-state index is 0.0121. The van der Waals surface area contributed by atoms with Gasteiger partial charge >= 0.3 is 0 Å². The molecule has 0 bridgehead atoms. The highest BCUT2D eigenvalue weighted by Crippen LogP contribution is 2.19. The van der Waals surface area contributed by atoms with E-state index < -0.39 is 0 Å². The first kappa shape index (κ1) is 18.9. The quantitative estimate of drug-likeness (QED) is 0.772. The molecule has 0 aliphatic rings. The van der Waals surface area contributed by atoms with E-state index in [4.69, 9.17) is 4.74 Å². The second kappa shape index (κ2) is 8.62. The fraction of sp³-hybridized carbons (Fsp3) is 0.278. The molecule has 25 heavy (non-hydrogen) atoms. The summed E-state index contributed by atoms with van der Waals surface area (Å²) < 4.78 is 6.39. The molecule has 0 aliphatic carbocycles.